The highest BCUT2D eigenvalue weighted by atomic mass is 33.1. The number of carbonyl (C=O) groups is 5. The van der Waals surface area contributed by atoms with Crippen LogP contribution in [0.4, 0.5) is 0 Å². The van der Waals surface area contributed by atoms with Gasteiger partial charge in [-0.3, -0.25) is 29.0 Å². The zero-order chi connectivity index (χ0) is 50.7. The number of hydrogen-bond donors (Lipinski definition) is 5. The van der Waals surface area contributed by atoms with Gasteiger partial charge in [0.15, 0.2) is 12.1 Å². The lowest BCUT2D eigenvalue weighted by Crippen LogP contribution is -2.41. The zero-order valence-electron chi connectivity index (χ0n) is 43.3. The highest BCUT2D eigenvalue weighted by Gasteiger charge is 2.20. The Kier molecular flexibility index (Phi) is 48.7. The SMILES string of the molecule is CCCCCCCC/C=C\CCCCCCCC(=O)OC[C@@H](COC(=O)CCC(=O)NCCSSCCNC(=O)C(N)CCCN=C(N)N)OC(=O)CCCCCCC/C=C\CCCCCCCC. The van der Waals surface area contributed by atoms with E-state index in [0.29, 0.717) is 50.4 Å². The van der Waals surface area contributed by atoms with Gasteiger partial charge in [-0.25, -0.2) is 0 Å². The third-order valence-electron chi connectivity index (χ3n) is 11.4. The van der Waals surface area contributed by atoms with E-state index in [1.807, 2.05) is 0 Å². The van der Waals surface area contributed by atoms with Crippen LogP contribution < -0.4 is 27.8 Å². The monoisotopic (exact) mass is 1010 g/mol. The largest absolute Gasteiger partial charge is 0.462 e. The van der Waals surface area contributed by atoms with Gasteiger partial charge in [-0.05, 0) is 77.0 Å². The second-order valence-electron chi connectivity index (χ2n) is 18.0. The lowest BCUT2D eigenvalue weighted by atomic mass is 10.1. The number of allylic oxidation sites excluding steroid dienone is 4. The van der Waals surface area contributed by atoms with Crippen LogP contribution >= 0.6 is 21.6 Å². The smallest absolute Gasteiger partial charge is 0.306 e. The van der Waals surface area contributed by atoms with Crippen molar-refractivity contribution < 1.29 is 38.2 Å². The Labute approximate surface area is 426 Å². The predicted octanol–water partition coefficient (Wildman–Crippen LogP) is 10.8. The molecule has 1 unspecified atom stereocenters. The van der Waals surface area contributed by atoms with E-state index < -0.39 is 24.1 Å². The van der Waals surface area contributed by atoms with E-state index >= 15 is 0 Å². The lowest BCUT2D eigenvalue weighted by Gasteiger charge is -2.18. The van der Waals surface area contributed by atoms with Crippen molar-refractivity contribution in [3.8, 4) is 0 Å². The second kappa shape index (κ2) is 51.1. The van der Waals surface area contributed by atoms with E-state index in [9.17, 15) is 24.0 Å². The third kappa shape index (κ3) is 49.5. The summed E-state index contributed by atoms with van der Waals surface area (Å²) in [6, 6.07) is -0.623. The van der Waals surface area contributed by atoms with Gasteiger partial charge in [-0.15, -0.1) is 0 Å². The summed E-state index contributed by atoms with van der Waals surface area (Å²) in [7, 11) is 3.12. The number of nitrogens with one attached hydrogen (secondary N) is 2. The molecule has 8 N–H and O–H groups in total. The molecule has 0 radical (unpaired) electrons. The number of unbranched alkanes of at least 4 members (excludes halogenated alkanes) is 22. The molecule has 0 heterocycles. The molecule has 0 rings (SSSR count). The second-order valence-corrected chi connectivity index (χ2v) is 20.7. The summed E-state index contributed by atoms with van der Waals surface area (Å²) in [6.45, 7) is 5.33. The van der Waals surface area contributed by atoms with Crippen molar-refractivity contribution >= 4 is 57.3 Å². The summed E-state index contributed by atoms with van der Waals surface area (Å²) >= 11 is 0. The van der Waals surface area contributed by atoms with Gasteiger partial charge < -0.3 is 42.0 Å². The maximum atomic E-state index is 12.8. The van der Waals surface area contributed by atoms with Crippen molar-refractivity contribution in [2.45, 2.75) is 231 Å². The molecule has 0 saturated heterocycles. The molecule has 0 aliphatic heterocycles. The van der Waals surface area contributed by atoms with E-state index in [1.54, 1.807) is 21.6 Å². The molecule has 0 aromatic carbocycles. The summed E-state index contributed by atoms with van der Waals surface area (Å²) in [4.78, 5) is 66.5. The van der Waals surface area contributed by atoms with Crippen molar-refractivity contribution in [2.24, 2.45) is 22.2 Å². The molecule has 0 aliphatic carbocycles. The van der Waals surface area contributed by atoms with Gasteiger partial charge in [0.05, 0.1) is 12.5 Å². The minimum Gasteiger partial charge on any atom is -0.462 e. The Morgan fingerprint density at radius 1 is 0.522 bits per heavy atom. The number of hydrogen-bond acceptors (Lipinski definition) is 12. The molecular weight excluding hydrogens is 913 g/mol. The van der Waals surface area contributed by atoms with E-state index in [4.69, 9.17) is 31.4 Å². The molecule has 0 bridgehead atoms. The van der Waals surface area contributed by atoms with Crippen molar-refractivity contribution in [1.82, 2.24) is 10.6 Å². The van der Waals surface area contributed by atoms with E-state index in [-0.39, 0.29) is 62.6 Å². The Hall–Kier alpha value is -3.24. The highest BCUT2D eigenvalue weighted by Crippen LogP contribution is 2.19. The van der Waals surface area contributed by atoms with Crippen molar-refractivity contribution in [3.63, 3.8) is 0 Å². The van der Waals surface area contributed by atoms with Gasteiger partial charge in [-0.1, -0.05) is 162 Å². The van der Waals surface area contributed by atoms with Crippen molar-refractivity contribution in [3.05, 3.63) is 24.3 Å². The number of nitrogens with zero attached hydrogens (tertiary/aromatic N) is 1. The van der Waals surface area contributed by atoms with Crippen LogP contribution in [0.1, 0.15) is 219 Å². The quantitative estimate of drug-likeness (QED) is 0.00728. The number of nitrogens with two attached hydrogens (primary N) is 3. The average Bonchev–Trinajstić information content (AvgIpc) is 3.33. The number of esters is 3. The van der Waals surface area contributed by atoms with Gasteiger partial charge in [-0.2, -0.15) is 0 Å². The number of guanidine groups is 1. The number of ether oxygens (including phenoxy) is 3. The molecule has 14 nitrogen and oxygen atoms in total. The summed E-state index contributed by atoms with van der Waals surface area (Å²) in [6.07, 6.45) is 40.0. The van der Waals surface area contributed by atoms with Gasteiger partial charge in [0.1, 0.15) is 13.2 Å². The fourth-order valence-electron chi connectivity index (χ4n) is 7.21. The number of carbonyl (C=O) groups excluding carboxylic acids is 5. The molecule has 2 atom stereocenters. The number of rotatable bonds is 50. The summed E-state index contributed by atoms with van der Waals surface area (Å²) in [5, 5.41) is 5.61. The van der Waals surface area contributed by atoms with Crippen LogP contribution in [0.2, 0.25) is 0 Å². The molecule has 0 aliphatic rings. The molecule has 2 amide bonds. The minimum atomic E-state index is -0.932. The van der Waals surface area contributed by atoms with Crippen LogP contribution in [-0.4, -0.2) is 92.2 Å². The van der Waals surface area contributed by atoms with Crippen LogP contribution in [0.15, 0.2) is 29.3 Å². The molecule has 0 saturated carbocycles. The average molecular weight is 1010 g/mol. The number of amides is 2. The van der Waals surface area contributed by atoms with Gasteiger partial charge in [0, 0.05) is 50.4 Å². The maximum absolute atomic E-state index is 12.8. The van der Waals surface area contributed by atoms with Crippen LogP contribution in [0.3, 0.4) is 0 Å². The van der Waals surface area contributed by atoms with Gasteiger partial charge in [0.2, 0.25) is 11.8 Å². The normalized spacial score (nSPS) is 12.2. The first-order valence-electron chi connectivity index (χ1n) is 27.0. The molecular formula is C53H98N6O8S2. The Balaban J connectivity index is 4.52. The minimum absolute atomic E-state index is 0.0129. The molecule has 0 fully saturated rings. The van der Waals surface area contributed by atoms with Crippen molar-refractivity contribution in [2.75, 3.05) is 44.4 Å². The number of aliphatic imine (C=N–C) groups is 1. The Bertz CT molecular complexity index is 1370. The van der Waals surface area contributed by atoms with Crippen LogP contribution in [0.5, 0.6) is 0 Å². The van der Waals surface area contributed by atoms with Crippen LogP contribution in [-0.2, 0) is 38.2 Å². The molecule has 0 aromatic heterocycles. The highest BCUT2D eigenvalue weighted by molar-refractivity contribution is 8.76. The standard InChI is InChI=1S/C53H98N6O8S2/c1-3-5-7-9-11-13-15-17-19-21-23-25-27-29-31-35-49(61)65-44-46(67-51(63)36-32-30-28-26-24-22-20-18-16-14-12-10-8-6-4-2)45-66-50(62)38-37-48(60)57-40-42-68-69-43-41-58-52(64)47(54)34-33-39-59-53(55)56/h17-20,46-47H,3-16,21-45,54H2,1-2H3,(H,57,60)(H,58,64)(H4,55,56,59)/b19-17-,20-18-/t46-,47?/m0/s1. The summed E-state index contributed by atoms with van der Waals surface area (Å²) < 4.78 is 16.5. The van der Waals surface area contributed by atoms with E-state index in [2.05, 4.69) is 53.8 Å². The van der Waals surface area contributed by atoms with Crippen LogP contribution in [0.25, 0.3) is 0 Å². The zero-order valence-corrected chi connectivity index (χ0v) is 44.9. The molecule has 0 spiro atoms. The fraction of sp³-hybridized carbons (Fsp3) is 0.811. The Morgan fingerprint density at radius 3 is 1.42 bits per heavy atom. The lowest BCUT2D eigenvalue weighted by molar-refractivity contribution is -0.167. The first-order chi connectivity index (χ1) is 33.6. The molecule has 69 heavy (non-hydrogen) atoms. The Morgan fingerprint density at radius 2 is 0.942 bits per heavy atom. The predicted molar refractivity (Wildman–Crippen MR) is 289 cm³/mol. The van der Waals surface area contributed by atoms with Gasteiger partial charge >= 0.3 is 17.9 Å². The summed E-state index contributed by atoms with van der Waals surface area (Å²) in [5.74, 6) is -0.585. The molecule has 16 heteroatoms. The first-order valence-corrected chi connectivity index (χ1v) is 29.5. The van der Waals surface area contributed by atoms with E-state index in [1.165, 1.54) is 89.9 Å². The third-order valence-corrected chi connectivity index (χ3v) is 13.8. The van der Waals surface area contributed by atoms with Gasteiger partial charge in [0.25, 0.3) is 0 Å². The molecule has 0 aromatic rings. The van der Waals surface area contributed by atoms with E-state index in [0.717, 1.165) is 70.6 Å². The topological polar surface area (TPSA) is 228 Å². The van der Waals surface area contributed by atoms with Crippen molar-refractivity contribution in [1.29, 1.82) is 0 Å². The first kappa shape index (κ1) is 65.8. The molecule has 400 valence electrons. The maximum Gasteiger partial charge on any atom is 0.306 e. The fourth-order valence-corrected chi connectivity index (χ4v) is 9.02. The summed E-state index contributed by atoms with van der Waals surface area (Å²) in [5.41, 5.74) is 16.5. The van der Waals surface area contributed by atoms with Crippen LogP contribution in [0, 0.1) is 0 Å².